The molecular formula is C11H24N2O3S. The largest absolute Gasteiger partial charge is 0.385 e. The van der Waals surface area contributed by atoms with E-state index in [1.165, 1.54) is 0 Å². The monoisotopic (exact) mass is 264 g/mol. The SMILES string of the molecule is COCCCNC(=O)NCCS(=O)C(C)(C)C. The number of carbonyl (C=O) groups excluding carboxylic acids is 1. The number of amides is 2. The van der Waals surface area contributed by atoms with Crippen molar-refractivity contribution in [1.82, 2.24) is 10.6 Å². The minimum absolute atomic E-state index is 0.216. The summed E-state index contributed by atoms with van der Waals surface area (Å²) in [6.07, 6.45) is 0.790. The van der Waals surface area contributed by atoms with Gasteiger partial charge in [0.05, 0.1) is 0 Å². The molecule has 2 amide bonds. The van der Waals surface area contributed by atoms with Gasteiger partial charge in [-0.1, -0.05) is 0 Å². The molecule has 2 N–H and O–H groups in total. The fourth-order valence-corrected chi connectivity index (χ4v) is 1.94. The van der Waals surface area contributed by atoms with E-state index in [0.717, 1.165) is 6.42 Å². The second kappa shape index (κ2) is 8.47. The van der Waals surface area contributed by atoms with Crippen LogP contribution in [-0.2, 0) is 15.5 Å². The first-order valence-corrected chi connectivity index (χ1v) is 7.09. The third kappa shape index (κ3) is 9.12. The Balaban J connectivity index is 3.55. The van der Waals surface area contributed by atoms with Crippen LogP contribution in [0.5, 0.6) is 0 Å². The van der Waals surface area contributed by atoms with E-state index >= 15 is 0 Å². The van der Waals surface area contributed by atoms with Crippen LogP contribution in [0.15, 0.2) is 0 Å². The van der Waals surface area contributed by atoms with E-state index in [1.54, 1.807) is 7.11 Å². The van der Waals surface area contributed by atoms with Crippen LogP contribution in [-0.4, -0.2) is 47.5 Å². The highest BCUT2D eigenvalue weighted by molar-refractivity contribution is 7.86. The van der Waals surface area contributed by atoms with Crippen LogP contribution in [0.25, 0.3) is 0 Å². The van der Waals surface area contributed by atoms with Gasteiger partial charge < -0.3 is 15.4 Å². The lowest BCUT2D eigenvalue weighted by Gasteiger charge is -2.17. The summed E-state index contributed by atoms with van der Waals surface area (Å²) in [6, 6.07) is -0.216. The molecule has 5 nitrogen and oxygen atoms in total. The Morgan fingerprint density at radius 3 is 2.35 bits per heavy atom. The molecule has 1 unspecified atom stereocenters. The summed E-state index contributed by atoms with van der Waals surface area (Å²) in [4.78, 5) is 11.3. The first-order chi connectivity index (χ1) is 7.88. The maximum absolute atomic E-state index is 11.7. The molecule has 0 aromatic carbocycles. The van der Waals surface area contributed by atoms with Crippen molar-refractivity contribution in [2.24, 2.45) is 0 Å². The number of urea groups is 1. The van der Waals surface area contributed by atoms with Crippen molar-refractivity contribution in [2.45, 2.75) is 31.9 Å². The molecule has 0 aliphatic heterocycles. The van der Waals surface area contributed by atoms with Gasteiger partial charge in [-0.15, -0.1) is 0 Å². The summed E-state index contributed by atoms with van der Waals surface area (Å²) in [5.74, 6) is 0.481. The number of hydrogen-bond donors (Lipinski definition) is 2. The van der Waals surface area contributed by atoms with Gasteiger partial charge in [0.1, 0.15) is 0 Å². The third-order valence-electron chi connectivity index (χ3n) is 2.07. The molecule has 0 aromatic rings. The molecule has 102 valence electrons. The molecule has 0 bridgehead atoms. The van der Waals surface area contributed by atoms with Crippen LogP contribution in [0.4, 0.5) is 4.79 Å². The van der Waals surface area contributed by atoms with E-state index in [1.807, 2.05) is 20.8 Å². The van der Waals surface area contributed by atoms with Gasteiger partial charge in [0.25, 0.3) is 0 Å². The number of nitrogens with one attached hydrogen (secondary N) is 2. The lowest BCUT2D eigenvalue weighted by molar-refractivity contribution is 0.193. The van der Waals surface area contributed by atoms with E-state index in [0.29, 0.717) is 25.4 Å². The van der Waals surface area contributed by atoms with Crippen LogP contribution < -0.4 is 10.6 Å². The van der Waals surface area contributed by atoms with Crippen molar-refractivity contribution in [3.8, 4) is 0 Å². The smallest absolute Gasteiger partial charge is 0.314 e. The fourth-order valence-electron chi connectivity index (χ4n) is 1.04. The Labute approximate surface area is 106 Å². The first-order valence-electron chi connectivity index (χ1n) is 5.77. The summed E-state index contributed by atoms with van der Waals surface area (Å²) < 4.78 is 16.3. The molecule has 0 spiro atoms. The maximum Gasteiger partial charge on any atom is 0.314 e. The molecule has 1 atom stereocenters. The van der Waals surface area contributed by atoms with Crippen molar-refractivity contribution >= 4 is 16.8 Å². The molecule has 6 heteroatoms. The maximum atomic E-state index is 11.7. The summed E-state index contributed by atoms with van der Waals surface area (Å²) in [5, 5.41) is 5.38. The lowest BCUT2D eigenvalue weighted by Crippen LogP contribution is -2.39. The molecule has 0 heterocycles. The van der Waals surface area contributed by atoms with Gasteiger partial charge in [0, 0.05) is 48.1 Å². The predicted octanol–water partition coefficient (Wildman–Crippen LogP) is 0.869. The summed E-state index contributed by atoms with van der Waals surface area (Å²) in [6.45, 7) is 7.42. The predicted molar refractivity (Wildman–Crippen MR) is 70.7 cm³/mol. The fraction of sp³-hybridized carbons (Fsp3) is 0.909. The molecule has 0 aliphatic carbocycles. The number of hydrogen-bond acceptors (Lipinski definition) is 3. The minimum atomic E-state index is -0.925. The van der Waals surface area contributed by atoms with E-state index < -0.39 is 10.8 Å². The van der Waals surface area contributed by atoms with E-state index in [-0.39, 0.29) is 10.8 Å². The molecular weight excluding hydrogens is 240 g/mol. The Morgan fingerprint density at radius 1 is 1.24 bits per heavy atom. The van der Waals surface area contributed by atoms with Gasteiger partial charge in [0.2, 0.25) is 0 Å². The van der Waals surface area contributed by atoms with Crippen molar-refractivity contribution in [1.29, 1.82) is 0 Å². The van der Waals surface area contributed by atoms with Gasteiger partial charge in [-0.05, 0) is 27.2 Å². The lowest BCUT2D eigenvalue weighted by atomic mass is 10.3. The Kier molecular flexibility index (Phi) is 8.16. The van der Waals surface area contributed by atoms with Gasteiger partial charge in [-0.25, -0.2) is 4.79 Å². The number of rotatable bonds is 7. The molecule has 0 radical (unpaired) electrons. The van der Waals surface area contributed by atoms with Crippen molar-refractivity contribution < 1.29 is 13.7 Å². The van der Waals surface area contributed by atoms with Crippen LogP contribution in [0.3, 0.4) is 0 Å². The van der Waals surface area contributed by atoms with Crippen molar-refractivity contribution in [3.05, 3.63) is 0 Å². The van der Waals surface area contributed by atoms with E-state index in [4.69, 9.17) is 4.74 Å². The topological polar surface area (TPSA) is 67.4 Å². The molecule has 0 fully saturated rings. The average Bonchev–Trinajstić information content (AvgIpc) is 2.23. The Morgan fingerprint density at radius 2 is 1.82 bits per heavy atom. The first kappa shape index (κ1) is 16.4. The van der Waals surface area contributed by atoms with Gasteiger partial charge in [-0.3, -0.25) is 4.21 Å². The summed E-state index contributed by atoms with van der Waals surface area (Å²) >= 11 is 0. The van der Waals surface area contributed by atoms with E-state index in [9.17, 15) is 9.00 Å². The Hall–Kier alpha value is -0.620. The summed E-state index contributed by atoms with van der Waals surface area (Å²) in [7, 11) is 0.702. The molecule has 0 aliphatic rings. The average molecular weight is 264 g/mol. The standard InChI is InChI=1S/C11H24N2O3S/c1-11(2,3)17(15)9-7-13-10(14)12-6-5-8-16-4/h5-9H2,1-4H3,(H2,12,13,14). The Bertz CT molecular complexity index is 252. The van der Waals surface area contributed by atoms with Gasteiger partial charge in [-0.2, -0.15) is 0 Å². The van der Waals surface area contributed by atoms with Gasteiger partial charge in [0.15, 0.2) is 0 Å². The molecule has 0 aromatic heterocycles. The number of carbonyl (C=O) groups is 1. The van der Waals surface area contributed by atoms with Crippen LogP contribution in [0, 0.1) is 0 Å². The quantitative estimate of drug-likeness (QED) is 0.670. The van der Waals surface area contributed by atoms with Crippen LogP contribution >= 0.6 is 0 Å². The zero-order chi connectivity index (χ0) is 13.3. The highest BCUT2D eigenvalue weighted by Crippen LogP contribution is 2.10. The zero-order valence-electron chi connectivity index (χ0n) is 11.2. The van der Waals surface area contributed by atoms with Crippen LogP contribution in [0.1, 0.15) is 27.2 Å². The molecule has 0 saturated carbocycles. The van der Waals surface area contributed by atoms with Gasteiger partial charge >= 0.3 is 6.03 Å². The third-order valence-corrected chi connectivity index (χ3v) is 4.01. The van der Waals surface area contributed by atoms with Crippen molar-refractivity contribution in [3.63, 3.8) is 0 Å². The molecule has 0 rings (SSSR count). The highest BCUT2D eigenvalue weighted by atomic mass is 32.2. The normalized spacial score (nSPS) is 13.2. The number of methoxy groups -OCH3 is 1. The molecule has 17 heavy (non-hydrogen) atoms. The second-order valence-electron chi connectivity index (χ2n) is 4.69. The highest BCUT2D eigenvalue weighted by Gasteiger charge is 2.18. The molecule has 0 saturated heterocycles. The van der Waals surface area contributed by atoms with Crippen molar-refractivity contribution in [2.75, 3.05) is 32.6 Å². The van der Waals surface area contributed by atoms with E-state index in [2.05, 4.69) is 10.6 Å². The number of ether oxygens (including phenoxy) is 1. The minimum Gasteiger partial charge on any atom is -0.385 e. The zero-order valence-corrected chi connectivity index (χ0v) is 12.0. The summed E-state index contributed by atoms with van der Waals surface area (Å²) in [5.41, 5.74) is 0. The van der Waals surface area contributed by atoms with Crippen LogP contribution in [0.2, 0.25) is 0 Å². The second-order valence-corrected chi connectivity index (χ2v) is 7.02.